The normalized spacial score (nSPS) is 10.4. The number of carbonyl (C=O) groups excluding carboxylic acids is 1. The molecule has 186 valence electrons. The molecule has 0 unspecified atom stereocenters. The fourth-order valence-corrected chi connectivity index (χ4v) is 3.93. The van der Waals surface area contributed by atoms with Crippen LogP contribution in [-0.2, 0) is 16.1 Å². The lowest BCUT2D eigenvalue weighted by Gasteiger charge is -2.21. The van der Waals surface area contributed by atoms with E-state index in [0.29, 0.717) is 0 Å². The fraction of sp³-hybridized carbons (Fsp3) is 0.433. The summed E-state index contributed by atoms with van der Waals surface area (Å²) in [5.74, 6) is -0.231. The Morgan fingerprint density at radius 2 is 1.59 bits per heavy atom. The summed E-state index contributed by atoms with van der Waals surface area (Å²) >= 11 is 0. The van der Waals surface area contributed by atoms with Gasteiger partial charge in [-0.1, -0.05) is 71.9 Å². The number of carbonyl (C=O) groups is 1. The lowest BCUT2D eigenvalue weighted by molar-refractivity contribution is -0.155. The molecule has 4 nitrogen and oxygen atoms in total. The number of nitrogens with one attached hydrogen (secondary N) is 1. The minimum Gasteiger partial charge on any atom is -0.459 e. The molecule has 0 radical (unpaired) electrons. The second-order valence-electron chi connectivity index (χ2n) is 8.41. The van der Waals surface area contributed by atoms with E-state index in [0.717, 1.165) is 33.1 Å². The Bertz CT molecular complexity index is 1190. The van der Waals surface area contributed by atoms with Gasteiger partial charge in [-0.3, -0.25) is 4.79 Å². The lowest BCUT2D eigenvalue weighted by Crippen LogP contribution is -2.26. The van der Waals surface area contributed by atoms with E-state index >= 15 is 0 Å². The Kier molecular flexibility index (Phi) is 11.1. The van der Waals surface area contributed by atoms with E-state index in [2.05, 4.69) is 65.9 Å². The Morgan fingerprint density at radius 3 is 2.21 bits per heavy atom. The molecular formula is C30H44N2O2. The third kappa shape index (κ3) is 6.53. The summed E-state index contributed by atoms with van der Waals surface area (Å²) in [6.07, 6.45) is 1.95. The van der Waals surface area contributed by atoms with Crippen LogP contribution in [0.25, 0.3) is 33.1 Å². The Morgan fingerprint density at radius 1 is 0.941 bits per heavy atom. The molecule has 0 saturated carbocycles. The van der Waals surface area contributed by atoms with Crippen LogP contribution < -0.4 is 0 Å². The van der Waals surface area contributed by atoms with Gasteiger partial charge >= 0.3 is 5.97 Å². The summed E-state index contributed by atoms with van der Waals surface area (Å²) in [4.78, 5) is 16.1. The SMILES string of the molecule is CC.CC.CC.Cc1ccc2c(C)c(-c3cccc4cc[nH]c34)n(CC(=O)OC(C)(C)C)c2c1. The smallest absolute Gasteiger partial charge is 0.326 e. The molecule has 0 aliphatic rings. The number of rotatable bonds is 3. The fourth-order valence-electron chi connectivity index (χ4n) is 3.93. The first kappa shape index (κ1) is 29.0. The molecule has 4 heteroatoms. The molecule has 2 aromatic carbocycles. The number of aromatic nitrogens is 2. The van der Waals surface area contributed by atoms with Crippen molar-refractivity contribution in [2.24, 2.45) is 0 Å². The minimum absolute atomic E-state index is 0.178. The molecule has 0 bridgehead atoms. The van der Waals surface area contributed by atoms with Gasteiger partial charge in [0.15, 0.2) is 0 Å². The molecule has 2 aromatic heterocycles. The van der Waals surface area contributed by atoms with Crippen molar-refractivity contribution in [2.45, 2.75) is 88.3 Å². The monoisotopic (exact) mass is 464 g/mol. The van der Waals surface area contributed by atoms with Crippen molar-refractivity contribution >= 4 is 27.8 Å². The second-order valence-corrected chi connectivity index (χ2v) is 8.41. The van der Waals surface area contributed by atoms with E-state index in [1.807, 2.05) is 68.5 Å². The highest BCUT2D eigenvalue weighted by Gasteiger charge is 2.22. The van der Waals surface area contributed by atoms with Crippen molar-refractivity contribution in [3.05, 3.63) is 59.8 Å². The second kappa shape index (κ2) is 13.0. The molecule has 0 aliphatic heterocycles. The number of hydrogen-bond donors (Lipinski definition) is 1. The number of esters is 1. The number of ether oxygens (including phenoxy) is 1. The highest BCUT2D eigenvalue weighted by atomic mass is 16.6. The quantitative estimate of drug-likeness (QED) is 0.308. The summed E-state index contributed by atoms with van der Waals surface area (Å²) < 4.78 is 7.72. The molecule has 0 atom stereocenters. The van der Waals surface area contributed by atoms with Gasteiger partial charge in [-0.15, -0.1) is 0 Å². The van der Waals surface area contributed by atoms with Crippen LogP contribution in [-0.4, -0.2) is 21.1 Å². The van der Waals surface area contributed by atoms with Crippen molar-refractivity contribution in [3.8, 4) is 11.3 Å². The van der Waals surface area contributed by atoms with Gasteiger partial charge in [0.25, 0.3) is 0 Å². The first-order chi connectivity index (χ1) is 16.2. The van der Waals surface area contributed by atoms with Gasteiger partial charge in [-0.2, -0.15) is 0 Å². The highest BCUT2D eigenvalue weighted by Crippen LogP contribution is 2.37. The largest absolute Gasteiger partial charge is 0.459 e. The molecule has 4 rings (SSSR count). The molecule has 4 aromatic rings. The average molecular weight is 465 g/mol. The number of nitrogens with zero attached hydrogens (tertiary/aromatic N) is 1. The first-order valence-electron chi connectivity index (χ1n) is 12.6. The zero-order chi connectivity index (χ0) is 26.1. The van der Waals surface area contributed by atoms with Gasteiger partial charge < -0.3 is 14.3 Å². The number of fused-ring (bicyclic) bond motifs is 2. The van der Waals surface area contributed by atoms with Crippen molar-refractivity contribution in [2.75, 3.05) is 0 Å². The molecule has 0 saturated heterocycles. The summed E-state index contributed by atoms with van der Waals surface area (Å²) in [5.41, 5.74) is 6.11. The summed E-state index contributed by atoms with van der Waals surface area (Å²) in [6.45, 7) is 22.1. The van der Waals surface area contributed by atoms with Crippen LogP contribution >= 0.6 is 0 Å². The number of para-hydroxylation sites is 1. The van der Waals surface area contributed by atoms with Crippen molar-refractivity contribution in [3.63, 3.8) is 0 Å². The van der Waals surface area contributed by atoms with E-state index in [-0.39, 0.29) is 12.5 Å². The van der Waals surface area contributed by atoms with Crippen LogP contribution in [0.4, 0.5) is 0 Å². The minimum atomic E-state index is -0.509. The predicted octanol–water partition coefficient (Wildman–Crippen LogP) is 8.83. The molecule has 0 spiro atoms. The number of benzene rings is 2. The number of aromatic amines is 1. The van der Waals surface area contributed by atoms with E-state index < -0.39 is 5.60 Å². The standard InChI is InChI=1S/C24H26N2O2.3C2H6/c1-15-9-10-18-16(2)23(19-8-6-7-17-11-12-25-22(17)19)26(20(18)13-15)14-21(27)28-24(3,4)5;3*1-2/h6-13,25H,14H2,1-5H3;3*1-2H3. The van der Waals surface area contributed by atoms with Crippen LogP contribution in [0.2, 0.25) is 0 Å². The van der Waals surface area contributed by atoms with Crippen LogP contribution in [0.15, 0.2) is 48.7 Å². The topological polar surface area (TPSA) is 47.0 Å². The van der Waals surface area contributed by atoms with Crippen molar-refractivity contribution in [1.82, 2.24) is 9.55 Å². The van der Waals surface area contributed by atoms with E-state index in [1.165, 1.54) is 11.1 Å². The molecule has 0 aliphatic carbocycles. The third-order valence-electron chi connectivity index (χ3n) is 5.02. The Hall–Kier alpha value is -3.01. The van der Waals surface area contributed by atoms with Crippen LogP contribution in [0.1, 0.15) is 73.4 Å². The molecular weight excluding hydrogens is 420 g/mol. The highest BCUT2D eigenvalue weighted by molar-refractivity contribution is 6.00. The maximum Gasteiger partial charge on any atom is 0.326 e. The van der Waals surface area contributed by atoms with Gasteiger partial charge in [0.2, 0.25) is 0 Å². The summed E-state index contributed by atoms with van der Waals surface area (Å²) in [6, 6.07) is 14.7. The first-order valence-corrected chi connectivity index (χ1v) is 12.6. The average Bonchev–Trinajstić information content (AvgIpc) is 3.40. The van der Waals surface area contributed by atoms with Crippen LogP contribution in [0.3, 0.4) is 0 Å². The van der Waals surface area contributed by atoms with Gasteiger partial charge in [-0.25, -0.2) is 0 Å². The maximum absolute atomic E-state index is 12.7. The number of aryl methyl sites for hydroxylation is 2. The van der Waals surface area contributed by atoms with Crippen molar-refractivity contribution in [1.29, 1.82) is 0 Å². The van der Waals surface area contributed by atoms with Gasteiger partial charge in [0.05, 0.1) is 11.2 Å². The molecule has 0 amide bonds. The van der Waals surface area contributed by atoms with E-state index in [1.54, 1.807) is 0 Å². The van der Waals surface area contributed by atoms with Gasteiger partial charge in [-0.05, 0) is 57.9 Å². The molecule has 34 heavy (non-hydrogen) atoms. The molecule has 1 N–H and O–H groups in total. The Labute approximate surface area is 206 Å². The van der Waals surface area contributed by atoms with E-state index in [9.17, 15) is 4.79 Å². The Balaban J connectivity index is 0.000000894. The van der Waals surface area contributed by atoms with Gasteiger partial charge in [0, 0.05) is 28.0 Å². The summed E-state index contributed by atoms with van der Waals surface area (Å²) in [5, 5.41) is 2.31. The van der Waals surface area contributed by atoms with Crippen LogP contribution in [0, 0.1) is 13.8 Å². The predicted molar refractivity (Wildman–Crippen MR) is 149 cm³/mol. The zero-order valence-electron chi connectivity index (χ0n) is 23.1. The number of H-pyrrole nitrogens is 1. The maximum atomic E-state index is 12.7. The third-order valence-corrected chi connectivity index (χ3v) is 5.02. The number of hydrogen-bond acceptors (Lipinski definition) is 2. The van der Waals surface area contributed by atoms with Crippen LogP contribution in [0.5, 0.6) is 0 Å². The van der Waals surface area contributed by atoms with Crippen molar-refractivity contribution < 1.29 is 9.53 Å². The summed E-state index contributed by atoms with van der Waals surface area (Å²) in [7, 11) is 0. The molecule has 0 fully saturated rings. The van der Waals surface area contributed by atoms with E-state index in [4.69, 9.17) is 4.74 Å². The molecule has 2 heterocycles. The zero-order valence-corrected chi connectivity index (χ0v) is 23.1. The lowest BCUT2D eigenvalue weighted by atomic mass is 10.0. The van der Waals surface area contributed by atoms with Gasteiger partial charge in [0.1, 0.15) is 12.1 Å².